The molecule has 1 rings (SSSR count). The lowest BCUT2D eigenvalue weighted by Gasteiger charge is -2.42. The van der Waals surface area contributed by atoms with E-state index in [-0.39, 0.29) is 11.3 Å². The maximum atomic E-state index is 11.8. The summed E-state index contributed by atoms with van der Waals surface area (Å²) in [7, 11) is 0. The second-order valence-corrected chi connectivity index (χ2v) is 5.60. The number of carbonyl (C=O) groups is 1. The van der Waals surface area contributed by atoms with E-state index >= 15 is 0 Å². The lowest BCUT2D eigenvalue weighted by Crippen LogP contribution is -2.46. The molecule has 2 unspecified atom stereocenters. The molecule has 0 aliphatic heterocycles. The maximum Gasteiger partial charge on any atom is 0.285 e. The number of aliphatic imine (C=N–C) groups is 2. The van der Waals surface area contributed by atoms with Crippen molar-refractivity contribution >= 4 is 18.1 Å². The molecule has 0 aromatic carbocycles. The summed E-state index contributed by atoms with van der Waals surface area (Å²) in [6, 6.07) is 0. The van der Waals surface area contributed by atoms with Crippen LogP contribution < -0.4 is 0 Å². The van der Waals surface area contributed by atoms with Crippen molar-refractivity contribution in [2.75, 3.05) is 0 Å². The summed E-state index contributed by atoms with van der Waals surface area (Å²) in [5, 5.41) is 0. The standard InChI is InChI=1S/C12H16N2O3/c1-9-4-11(2,3)6-12(5-9,14-8-16)10(17)13-7-15/h9H,4-6H2,1-3H3. The average Bonchev–Trinajstić information content (AvgIpc) is 2.14. The Hall–Kier alpha value is -1.57. The quantitative estimate of drug-likeness (QED) is 0.541. The Morgan fingerprint density at radius 2 is 1.88 bits per heavy atom. The fourth-order valence-corrected chi connectivity index (χ4v) is 3.06. The Balaban J connectivity index is 3.19. The van der Waals surface area contributed by atoms with Crippen molar-refractivity contribution < 1.29 is 14.4 Å². The van der Waals surface area contributed by atoms with Gasteiger partial charge in [-0.2, -0.15) is 4.99 Å². The molecule has 17 heavy (non-hydrogen) atoms. The molecule has 5 heteroatoms. The maximum absolute atomic E-state index is 11.8. The zero-order chi connectivity index (χ0) is 13.1. The molecule has 0 spiro atoms. The summed E-state index contributed by atoms with van der Waals surface area (Å²) < 4.78 is 0. The van der Waals surface area contributed by atoms with Crippen molar-refractivity contribution in [3.63, 3.8) is 0 Å². The summed E-state index contributed by atoms with van der Waals surface area (Å²) in [4.78, 5) is 39.3. The molecule has 0 saturated heterocycles. The van der Waals surface area contributed by atoms with Crippen molar-refractivity contribution in [3.05, 3.63) is 0 Å². The Labute approximate surface area is 100 Å². The van der Waals surface area contributed by atoms with Gasteiger partial charge in [0.15, 0.2) is 5.54 Å². The predicted octanol–water partition coefficient (Wildman–Crippen LogP) is 1.77. The van der Waals surface area contributed by atoms with E-state index in [0.717, 1.165) is 6.42 Å². The van der Waals surface area contributed by atoms with E-state index in [2.05, 4.69) is 9.98 Å². The normalized spacial score (nSPS) is 30.9. The Morgan fingerprint density at radius 1 is 1.24 bits per heavy atom. The van der Waals surface area contributed by atoms with Crippen LogP contribution in [0.15, 0.2) is 9.98 Å². The molecule has 2 atom stereocenters. The predicted molar refractivity (Wildman–Crippen MR) is 60.8 cm³/mol. The molecule has 0 heterocycles. The van der Waals surface area contributed by atoms with Crippen LogP contribution >= 0.6 is 0 Å². The number of hydrogen-bond donors (Lipinski definition) is 0. The van der Waals surface area contributed by atoms with Crippen molar-refractivity contribution in [2.45, 2.75) is 45.6 Å². The summed E-state index contributed by atoms with van der Waals surface area (Å²) in [6.45, 7) is 6.01. The third-order valence-electron chi connectivity index (χ3n) is 3.16. The molecular formula is C12H16N2O3. The molecular weight excluding hydrogens is 220 g/mol. The number of isocyanates is 2. The third kappa shape index (κ3) is 2.96. The molecule has 0 aromatic rings. The largest absolute Gasteiger partial charge is 0.285 e. The van der Waals surface area contributed by atoms with Crippen LogP contribution in [0, 0.1) is 11.3 Å². The molecule has 1 fully saturated rings. The highest BCUT2D eigenvalue weighted by Crippen LogP contribution is 2.46. The zero-order valence-electron chi connectivity index (χ0n) is 10.3. The number of nitrogens with zero attached hydrogens (tertiary/aromatic N) is 2. The minimum absolute atomic E-state index is 0.119. The first-order valence-electron chi connectivity index (χ1n) is 5.56. The SMILES string of the molecule is CC1CC(C)(C)CC(N=C=O)(C(=O)N=C=O)C1. The van der Waals surface area contributed by atoms with Crippen molar-refractivity contribution in [1.29, 1.82) is 0 Å². The van der Waals surface area contributed by atoms with Crippen LogP contribution in [0.5, 0.6) is 0 Å². The van der Waals surface area contributed by atoms with Gasteiger partial charge >= 0.3 is 0 Å². The summed E-state index contributed by atoms with van der Waals surface area (Å²) in [6.07, 6.45) is 4.44. The molecule has 0 radical (unpaired) electrons. The molecule has 1 aliphatic carbocycles. The lowest BCUT2D eigenvalue weighted by molar-refractivity contribution is -0.126. The van der Waals surface area contributed by atoms with Gasteiger partial charge in [0.25, 0.3) is 5.91 Å². The first-order chi connectivity index (χ1) is 7.85. The Bertz CT molecular complexity index is 417. The molecule has 1 saturated carbocycles. The van der Waals surface area contributed by atoms with Gasteiger partial charge in [-0.25, -0.2) is 9.59 Å². The van der Waals surface area contributed by atoms with E-state index in [1.165, 1.54) is 12.2 Å². The van der Waals surface area contributed by atoms with Crippen LogP contribution in [-0.2, 0) is 14.4 Å². The van der Waals surface area contributed by atoms with Crippen LogP contribution in [0.1, 0.15) is 40.0 Å². The highest BCUT2D eigenvalue weighted by molar-refractivity contribution is 5.91. The Morgan fingerprint density at radius 3 is 2.35 bits per heavy atom. The van der Waals surface area contributed by atoms with E-state index in [9.17, 15) is 14.4 Å². The average molecular weight is 236 g/mol. The Kier molecular flexibility index (Phi) is 3.76. The van der Waals surface area contributed by atoms with Gasteiger partial charge in [-0.1, -0.05) is 20.8 Å². The number of amides is 1. The van der Waals surface area contributed by atoms with Crippen LogP contribution in [0.4, 0.5) is 0 Å². The fourth-order valence-electron chi connectivity index (χ4n) is 3.06. The van der Waals surface area contributed by atoms with Crippen LogP contribution in [0.2, 0.25) is 0 Å². The van der Waals surface area contributed by atoms with Gasteiger partial charge in [-0.15, -0.1) is 4.99 Å². The molecule has 0 aromatic heterocycles. The lowest BCUT2D eigenvalue weighted by atomic mass is 9.64. The van der Waals surface area contributed by atoms with Gasteiger partial charge in [0, 0.05) is 0 Å². The summed E-state index contributed by atoms with van der Waals surface area (Å²) in [5.74, 6) is -0.447. The van der Waals surface area contributed by atoms with Crippen LogP contribution in [-0.4, -0.2) is 23.6 Å². The first-order valence-corrected chi connectivity index (χ1v) is 5.56. The van der Waals surface area contributed by atoms with Gasteiger partial charge < -0.3 is 0 Å². The molecule has 5 nitrogen and oxygen atoms in total. The van der Waals surface area contributed by atoms with E-state index in [1.807, 2.05) is 20.8 Å². The third-order valence-corrected chi connectivity index (χ3v) is 3.16. The zero-order valence-corrected chi connectivity index (χ0v) is 10.3. The van der Waals surface area contributed by atoms with Gasteiger partial charge in [0.05, 0.1) is 0 Å². The van der Waals surface area contributed by atoms with E-state index in [0.29, 0.717) is 12.8 Å². The van der Waals surface area contributed by atoms with Gasteiger partial charge in [0.1, 0.15) is 0 Å². The van der Waals surface area contributed by atoms with Gasteiger partial charge in [0.2, 0.25) is 12.2 Å². The summed E-state index contributed by atoms with van der Waals surface area (Å²) in [5.41, 5.74) is -1.34. The number of carbonyl (C=O) groups excluding carboxylic acids is 3. The first kappa shape index (κ1) is 13.5. The van der Waals surface area contributed by atoms with Crippen LogP contribution in [0.25, 0.3) is 0 Å². The molecule has 1 aliphatic rings. The topological polar surface area (TPSA) is 75.9 Å². The molecule has 0 bridgehead atoms. The van der Waals surface area contributed by atoms with Crippen LogP contribution in [0.3, 0.4) is 0 Å². The van der Waals surface area contributed by atoms with E-state index in [4.69, 9.17) is 0 Å². The number of hydrogen-bond acceptors (Lipinski definition) is 4. The van der Waals surface area contributed by atoms with Crippen molar-refractivity contribution in [2.24, 2.45) is 21.3 Å². The van der Waals surface area contributed by atoms with Gasteiger partial charge in [-0.05, 0) is 30.6 Å². The summed E-state index contributed by atoms with van der Waals surface area (Å²) >= 11 is 0. The highest BCUT2D eigenvalue weighted by Gasteiger charge is 2.48. The minimum Gasteiger partial charge on any atom is -0.269 e. The minimum atomic E-state index is -1.22. The number of rotatable bonds is 2. The van der Waals surface area contributed by atoms with Gasteiger partial charge in [-0.3, -0.25) is 4.79 Å². The molecule has 0 N–H and O–H groups in total. The fraction of sp³-hybridized carbons (Fsp3) is 0.750. The molecule has 1 amide bonds. The smallest absolute Gasteiger partial charge is 0.269 e. The highest BCUT2D eigenvalue weighted by atomic mass is 16.2. The monoisotopic (exact) mass is 236 g/mol. The second kappa shape index (κ2) is 4.74. The van der Waals surface area contributed by atoms with E-state index in [1.54, 1.807) is 0 Å². The van der Waals surface area contributed by atoms with Crippen molar-refractivity contribution in [1.82, 2.24) is 0 Å². The van der Waals surface area contributed by atoms with E-state index < -0.39 is 11.4 Å². The molecule has 92 valence electrons. The second-order valence-electron chi connectivity index (χ2n) is 5.60. The van der Waals surface area contributed by atoms with Crippen molar-refractivity contribution in [3.8, 4) is 0 Å².